The predicted molar refractivity (Wildman–Crippen MR) is 69.7 cm³/mol. The number of primary amides is 2. The molecule has 0 saturated heterocycles. The third kappa shape index (κ3) is 3.46. The second-order valence-electron chi connectivity index (χ2n) is 4.08. The highest BCUT2D eigenvalue weighted by Gasteiger charge is 2.17. The summed E-state index contributed by atoms with van der Waals surface area (Å²) in [6, 6.07) is 5.59. The van der Waals surface area contributed by atoms with Crippen molar-refractivity contribution in [1.29, 1.82) is 0 Å². The second kappa shape index (κ2) is 6.02. The molecule has 0 radical (unpaired) electrons. The summed E-state index contributed by atoms with van der Waals surface area (Å²) in [6.45, 7) is 2.05. The van der Waals surface area contributed by atoms with Gasteiger partial charge in [-0.15, -0.1) is 0 Å². The lowest BCUT2D eigenvalue weighted by atomic mass is 10.1. The van der Waals surface area contributed by atoms with Gasteiger partial charge in [0.15, 0.2) is 0 Å². The van der Waals surface area contributed by atoms with Crippen molar-refractivity contribution in [2.45, 2.75) is 13.5 Å². The molecule has 0 aliphatic carbocycles. The maximum absolute atomic E-state index is 11.1. The Balaban J connectivity index is 3.18. The number of carbonyl (C=O) groups excluding carboxylic acids is 2. The lowest BCUT2D eigenvalue weighted by molar-refractivity contribution is -0.117. The van der Waals surface area contributed by atoms with Crippen molar-refractivity contribution in [3.05, 3.63) is 29.3 Å². The Hall–Kier alpha value is -2.08. The van der Waals surface area contributed by atoms with Crippen LogP contribution < -0.4 is 22.1 Å². The van der Waals surface area contributed by atoms with Gasteiger partial charge in [0.05, 0.1) is 13.1 Å². The molecule has 1 aromatic rings. The van der Waals surface area contributed by atoms with Crippen molar-refractivity contribution in [1.82, 2.24) is 0 Å². The summed E-state index contributed by atoms with van der Waals surface area (Å²) in [5.41, 5.74) is 18.5. The zero-order valence-corrected chi connectivity index (χ0v) is 10.3. The molecule has 0 aliphatic heterocycles. The van der Waals surface area contributed by atoms with Crippen molar-refractivity contribution in [2.75, 3.05) is 18.0 Å². The van der Waals surface area contributed by atoms with Crippen LogP contribution >= 0.6 is 0 Å². The van der Waals surface area contributed by atoms with Crippen molar-refractivity contribution in [2.24, 2.45) is 17.2 Å². The molecule has 0 aliphatic rings. The normalized spacial score (nSPS) is 10.1. The monoisotopic (exact) mass is 250 g/mol. The first kappa shape index (κ1) is 14.0. The fourth-order valence-electron chi connectivity index (χ4n) is 1.93. The van der Waals surface area contributed by atoms with Crippen LogP contribution in [0, 0.1) is 6.92 Å². The summed E-state index contributed by atoms with van der Waals surface area (Å²) in [5, 5.41) is 0. The first-order chi connectivity index (χ1) is 8.45. The highest BCUT2D eigenvalue weighted by Crippen LogP contribution is 2.24. The van der Waals surface area contributed by atoms with Gasteiger partial charge < -0.3 is 22.1 Å². The van der Waals surface area contributed by atoms with E-state index in [1.54, 1.807) is 4.90 Å². The van der Waals surface area contributed by atoms with E-state index in [0.29, 0.717) is 6.54 Å². The van der Waals surface area contributed by atoms with Gasteiger partial charge in [-0.3, -0.25) is 9.59 Å². The molecule has 6 nitrogen and oxygen atoms in total. The van der Waals surface area contributed by atoms with Gasteiger partial charge in [-0.1, -0.05) is 18.2 Å². The van der Waals surface area contributed by atoms with Crippen LogP contribution in [0.25, 0.3) is 0 Å². The standard InChI is InChI=1S/C12H18N4O2/c1-8-3-2-4-9(5-13)12(8)16(6-10(14)17)7-11(15)18/h2-4H,5-7,13H2,1H3,(H2,14,17)(H2,15,18). The Bertz CT molecular complexity index is 443. The molecule has 2 amide bonds. The van der Waals surface area contributed by atoms with Crippen LogP contribution in [0.5, 0.6) is 0 Å². The van der Waals surface area contributed by atoms with E-state index in [-0.39, 0.29) is 13.1 Å². The maximum atomic E-state index is 11.1. The summed E-state index contributed by atoms with van der Waals surface area (Å²) in [4.78, 5) is 23.7. The maximum Gasteiger partial charge on any atom is 0.236 e. The predicted octanol–water partition coefficient (Wildman–Crippen LogP) is -0.769. The van der Waals surface area contributed by atoms with Crippen LogP contribution in [-0.4, -0.2) is 24.9 Å². The number of benzene rings is 1. The zero-order chi connectivity index (χ0) is 13.7. The number of aryl methyl sites for hydroxylation is 1. The molecule has 18 heavy (non-hydrogen) atoms. The Morgan fingerprint density at radius 2 is 1.72 bits per heavy atom. The topological polar surface area (TPSA) is 115 Å². The van der Waals surface area contributed by atoms with Gasteiger partial charge in [0, 0.05) is 12.2 Å². The van der Waals surface area contributed by atoms with Gasteiger partial charge >= 0.3 is 0 Å². The summed E-state index contributed by atoms with van der Waals surface area (Å²) in [6.07, 6.45) is 0. The molecular formula is C12H18N4O2. The van der Waals surface area contributed by atoms with E-state index in [1.807, 2.05) is 25.1 Å². The van der Waals surface area contributed by atoms with E-state index in [4.69, 9.17) is 17.2 Å². The van der Waals surface area contributed by atoms with Crippen LogP contribution in [0.4, 0.5) is 5.69 Å². The van der Waals surface area contributed by atoms with E-state index in [9.17, 15) is 9.59 Å². The van der Waals surface area contributed by atoms with Gasteiger partial charge in [0.25, 0.3) is 0 Å². The highest BCUT2D eigenvalue weighted by molar-refractivity contribution is 5.85. The average molecular weight is 250 g/mol. The molecule has 0 heterocycles. The molecule has 98 valence electrons. The summed E-state index contributed by atoms with van der Waals surface area (Å²) in [7, 11) is 0. The molecule has 0 aromatic heterocycles. The molecule has 0 atom stereocenters. The van der Waals surface area contributed by atoms with E-state index < -0.39 is 11.8 Å². The number of hydrogen-bond acceptors (Lipinski definition) is 4. The number of hydrogen-bond donors (Lipinski definition) is 3. The van der Waals surface area contributed by atoms with Gasteiger partial charge in [-0.05, 0) is 18.1 Å². The fraction of sp³-hybridized carbons (Fsp3) is 0.333. The van der Waals surface area contributed by atoms with Crippen molar-refractivity contribution in [3.8, 4) is 0 Å². The Labute approximate surface area is 106 Å². The molecule has 0 unspecified atom stereocenters. The molecular weight excluding hydrogens is 232 g/mol. The van der Waals surface area contributed by atoms with Crippen molar-refractivity contribution in [3.63, 3.8) is 0 Å². The number of rotatable bonds is 6. The van der Waals surface area contributed by atoms with Gasteiger partial charge in [0.1, 0.15) is 0 Å². The SMILES string of the molecule is Cc1cccc(CN)c1N(CC(N)=O)CC(N)=O. The fourth-order valence-corrected chi connectivity index (χ4v) is 1.93. The second-order valence-corrected chi connectivity index (χ2v) is 4.08. The average Bonchev–Trinajstić information content (AvgIpc) is 2.26. The summed E-state index contributed by atoms with van der Waals surface area (Å²) >= 11 is 0. The number of carbonyl (C=O) groups is 2. The van der Waals surface area contributed by atoms with Crippen LogP contribution in [0.2, 0.25) is 0 Å². The number of nitrogens with two attached hydrogens (primary N) is 3. The Kier molecular flexibility index (Phi) is 4.67. The minimum absolute atomic E-state index is 0.0687. The van der Waals surface area contributed by atoms with Crippen LogP contribution in [-0.2, 0) is 16.1 Å². The first-order valence-electron chi connectivity index (χ1n) is 5.55. The molecule has 6 heteroatoms. The van der Waals surface area contributed by atoms with E-state index in [0.717, 1.165) is 16.8 Å². The lowest BCUT2D eigenvalue weighted by Gasteiger charge is -2.26. The zero-order valence-electron chi connectivity index (χ0n) is 10.3. The van der Waals surface area contributed by atoms with Crippen LogP contribution in [0.1, 0.15) is 11.1 Å². The molecule has 0 spiro atoms. The van der Waals surface area contributed by atoms with Crippen LogP contribution in [0.3, 0.4) is 0 Å². The smallest absolute Gasteiger partial charge is 0.236 e. The lowest BCUT2D eigenvalue weighted by Crippen LogP contribution is -2.40. The molecule has 6 N–H and O–H groups in total. The molecule has 1 rings (SSSR count). The highest BCUT2D eigenvalue weighted by atomic mass is 16.2. The van der Waals surface area contributed by atoms with E-state index in [2.05, 4.69) is 0 Å². The number of para-hydroxylation sites is 1. The van der Waals surface area contributed by atoms with Gasteiger partial charge in [-0.25, -0.2) is 0 Å². The number of anilines is 1. The van der Waals surface area contributed by atoms with Crippen molar-refractivity contribution >= 4 is 17.5 Å². The van der Waals surface area contributed by atoms with E-state index in [1.165, 1.54) is 0 Å². The minimum Gasteiger partial charge on any atom is -0.368 e. The minimum atomic E-state index is -0.525. The number of amides is 2. The molecule has 1 aromatic carbocycles. The Morgan fingerprint density at radius 3 is 2.17 bits per heavy atom. The van der Waals surface area contributed by atoms with Gasteiger partial charge in [-0.2, -0.15) is 0 Å². The first-order valence-corrected chi connectivity index (χ1v) is 5.55. The third-order valence-corrected chi connectivity index (χ3v) is 2.55. The summed E-state index contributed by atoms with van der Waals surface area (Å²) < 4.78 is 0. The van der Waals surface area contributed by atoms with Crippen molar-refractivity contribution < 1.29 is 9.59 Å². The van der Waals surface area contributed by atoms with Crippen LogP contribution in [0.15, 0.2) is 18.2 Å². The molecule has 0 bridgehead atoms. The third-order valence-electron chi connectivity index (χ3n) is 2.55. The van der Waals surface area contributed by atoms with E-state index >= 15 is 0 Å². The molecule has 0 saturated carbocycles. The Morgan fingerprint density at radius 1 is 1.17 bits per heavy atom. The van der Waals surface area contributed by atoms with Gasteiger partial charge in [0.2, 0.25) is 11.8 Å². The quantitative estimate of drug-likeness (QED) is 0.614. The summed E-state index contributed by atoms with van der Waals surface area (Å²) in [5.74, 6) is -1.05. The number of nitrogens with zero attached hydrogens (tertiary/aromatic N) is 1. The molecule has 0 fully saturated rings. The largest absolute Gasteiger partial charge is 0.368 e.